The molecule has 588 valence electrons. The van der Waals surface area contributed by atoms with Crippen LogP contribution in [0, 0.1) is 11.8 Å². The van der Waals surface area contributed by atoms with Gasteiger partial charge in [0.1, 0.15) is 19.3 Å². The van der Waals surface area contributed by atoms with Crippen LogP contribution in [0.5, 0.6) is 0 Å². The maximum absolute atomic E-state index is 13.1. The van der Waals surface area contributed by atoms with Crippen molar-refractivity contribution >= 4 is 39.5 Å². The van der Waals surface area contributed by atoms with E-state index < -0.39 is 97.5 Å². The fraction of sp³-hybridized carbons (Fsp3) is 0.950. The van der Waals surface area contributed by atoms with Gasteiger partial charge < -0.3 is 33.8 Å². The first kappa shape index (κ1) is 97.1. The van der Waals surface area contributed by atoms with Gasteiger partial charge in [-0.25, -0.2) is 9.13 Å². The number of ether oxygens (including phenoxy) is 4. The normalized spacial score (nSPS) is 14.2. The van der Waals surface area contributed by atoms with E-state index in [9.17, 15) is 43.2 Å². The van der Waals surface area contributed by atoms with Gasteiger partial charge in [0.05, 0.1) is 26.4 Å². The van der Waals surface area contributed by atoms with Crippen molar-refractivity contribution in [1.29, 1.82) is 0 Å². The van der Waals surface area contributed by atoms with Crippen molar-refractivity contribution in [1.82, 2.24) is 0 Å². The zero-order valence-electron chi connectivity index (χ0n) is 64.8. The first-order chi connectivity index (χ1) is 47.9. The summed E-state index contributed by atoms with van der Waals surface area (Å²) in [6.45, 7) is 9.68. The molecule has 0 aliphatic carbocycles. The van der Waals surface area contributed by atoms with Gasteiger partial charge >= 0.3 is 39.5 Å². The third-order valence-electron chi connectivity index (χ3n) is 19.1. The highest BCUT2D eigenvalue weighted by molar-refractivity contribution is 7.47. The summed E-state index contributed by atoms with van der Waals surface area (Å²) in [6, 6.07) is 0. The Morgan fingerprint density at radius 3 is 0.768 bits per heavy atom. The van der Waals surface area contributed by atoms with Crippen molar-refractivity contribution in [3.63, 3.8) is 0 Å². The van der Waals surface area contributed by atoms with Crippen LogP contribution in [0.3, 0.4) is 0 Å². The molecule has 99 heavy (non-hydrogen) atoms. The number of phosphoric acid groups is 2. The predicted molar refractivity (Wildman–Crippen MR) is 405 cm³/mol. The standard InChI is InChI=1S/C80H156O17P2/c1-7-10-12-14-16-18-20-21-22-26-29-32-39-45-51-57-63-78(83)91-69-76(96-79(84)64-58-52-46-40-33-30-27-24-23-25-28-31-36-42-48-54-60-72(4)5)71-95-99(88,89)93-67-74(81)66-92-98(86,87)94-70-75(68-90-77(82)62-56-50-44-38-19-17-15-13-11-8-2)97-80(85)65-59-53-47-41-35-34-37-43-49-55-61-73(6)9-3/h72-76,81H,7-71H2,1-6H3,(H,86,87)(H,88,89)/t73?,74-,75+,76+/m0/s1. The number of hydrogen-bond acceptors (Lipinski definition) is 15. The molecule has 0 aliphatic heterocycles. The molecule has 6 atom stereocenters. The lowest BCUT2D eigenvalue weighted by Crippen LogP contribution is -2.30. The second-order valence-electron chi connectivity index (χ2n) is 29.5. The second kappa shape index (κ2) is 71.7. The largest absolute Gasteiger partial charge is 0.472 e. The summed E-state index contributed by atoms with van der Waals surface area (Å²) in [7, 11) is -9.92. The van der Waals surface area contributed by atoms with Crippen LogP contribution in [0.25, 0.3) is 0 Å². The lowest BCUT2D eigenvalue weighted by Gasteiger charge is -2.21. The molecular formula is C80H156O17P2. The van der Waals surface area contributed by atoms with Crippen molar-refractivity contribution < 1.29 is 80.2 Å². The van der Waals surface area contributed by atoms with Crippen molar-refractivity contribution in [2.45, 2.75) is 439 Å². The molecule has 0 fully saturated rings. The molecule has 0 saturated heterocycles. The van der Waals surface area contributed by atoms with Gasteiger partial charge in [0.25, 0.3) is 0 Å². The van der Waals surface area contributed by atoms with E-state index in [1.807, 2.05) is 0 Å². The number of esters is 4. The van der Waals surface area contributed by atoms with E-state index in [-0.39, 0.29) is 25.7 Å². The van der Waals surface area contributed by atoms with Crippen molar-refractivity contribution in [3.05, 3.63) is 0 Å². The Bertz CT molecular complexity index is 1910. The van der Waals surface area contributed by atoms with E-state index in [1.165, 1.54) is 238 Å². The lowest BCUT2D eigenvalue weighted by molar-refractivity contribution is -0.161. The summed E-state index contributed by atoms with van der Waals surface area (Å²) in [6.07, 6.45) is 60.9. The van der Waals surface area contributed by atoms with Crippen LogP contribution in [0.2, 0.25) is 0 Å². The molecule has 0 radical (unpaired) electrons. The first-order valence-electron chi connectivity index (χ1n) is 41.5. The molecule has 0 aromatic rings. The molecule has 0 bridgehead atoms. The third kappa shape index (κ3) is 72.8. The first-order valence-corrected chi connectivity index (χ1v) is 44.5. The molecule has 0 heterocycles. The molecule has 0 aromatic heterocycles. The van der Waals surface area contributed by atoms with Crippen LogP contribution in [0.4, 0.5) is 0 Å². The van der Waals surface area contributed by atoms with Crippen LogP contribution in [-0.4, -0.2) is 96.7 Å². The van der Waals surface area contributed by atoms with E-state index in [2.05, 4.69) is 41.5 Å². The Morgan fingerprint density at radius 2 is 0.515 bits per heavy atom. The van der Waals surface area contributed by atoms with Gasteiger partial charge in [-0.15, -0.1) is 0 Å². The summed E-state index contributed by atoms with van der Waals surface area (Å²) < 4.78 is 68.7. The van der Waals surface area contributed by atoms with E-state index >= 15 is 0 Å². The average molecular weight is 1450 g/mol. The van der Waals surface area contributed by atoms with Crippen molar-refractivity contribution in [2.24, 2.45) is 11.8 Å². The zero-order valence-corrected chi connectivity index (χ0v) is 66.6. The minimum Gasteiger partial charge on any atom is -0.462 e. The van der Waals surface area contributed by atoms with Gasteiger partial charge in [0.2, 0.25) is 0 Å². The zero-order chi connectivity index (χ0) is 72.8. The van der Waals surface area contributed by atoms with Crippen molar-refractivity contribution in [3.8, 4) is 0 Å². The highest BCUT2D eigenvalue weighted by Gasteiger charge is 2.30. The van der Waals surface area contributed by atoms with Crippen LogP contribution in [-0.2, 0) is 65.4 Å². The van der Waals surface area contributed by atoms with Crippen LogP contribution in [0.15, 0.2) is 0 Å². The third-order valence-corrected chi connectivity index (χ3v) is 21.0. The summed E-state index contributed by atoms with van der Waals surface area (Å²) in [5.41, 5.74) is 0. The fourth-order valence-corrected chi connectivity index (χ4v) is 13.9. The van der Waals surface area contributed by atoms with E-state index in [1.54, 1.807) is 0 Å². The highest BCUT2D eigenvalue weighted by atomic mass is 31.2. The van der Waals surface area contributed by atoms with E-state index in [0.29, 0.717) is 25.7 Å². The smallest absolute Gasteiger partial charge is 0.462 e. The van der Waals surface area contributed by atoms with Gasteiger partial charge in [-0.05, 0) is 37.5 Å². The van der Waals surface area contributed by atoms with Gasteiger partial charge in [0.15, 0.2) is 12.2 Å². The Kier molecular flexibility index (Phi) is 70.3. The molecule has 0 saturated carbocycles. The topological polar surface area (TPSA) is 237 Å². The number of rotatable bonds is 79. The maximum atomic E-state index is 13.1. The van der Waals surface area contributed by atoms with Crippen molar-refractivity contribution in [2.75, 3.05) is 39.6 Å². The Hall–Kier alpha value is -1.94. The number of unbranched alkanes of at least 4 members (excludes halogenated alkanes) is 48. The number of carbonyl (C=O) groups is 4. The lowest BCUT2D eigenvalue weighted by atomic mass is 9.99. The maximum Gasteiger partial charge on any atom is 0.472 e. The molecule has 0 aliphatic rings. The van der Waals surface area contributed by atoms with Gasteiger partial charge in [0, 0.05) is 25.7 Å². The SMILES string of the molecule is CCCCCCCCCCCCCCCCCCC(=O)OC[C@H](COP(=O)(O)OC[C@@H](O)COP(=O)(O)OC[C@@H](COC(=O)CCCCCCCCCCCC)OC(=O)CCCCCCCCCCCCC(C)CC)OC(=O)CCCCCCCCCCCCCCCCCCC(C)C. The fourth-order valence-electron chi connectivity index (χ4n) is 12.3. The summed E-state index contributed by atoms with van der Waals surface area (Å²) in [4.78, 5) is 73.0. The van der Waals surface area contributed by atoms with Gasteiger partial charge in [-0.1, -0.05) is 369 Å². The monoisotopic (exact) mass is 1450 g/mol. The minimum atomic E-state index is -4.96. The highest BCUT2D eigenvalue weighted by Crippen LogP contribution is 2.45. The number of phosphoric ester groups is 2. The summed E-state index contributed by atoms with van der Waals surface area (Å²) in [5.74, 6) is -0.496. The average Bonchev–Trinajstić information content (AvgIpc) is 1.08. The van der Waals surface area contributed by atoms with Crippen LogP contribution >= 0.6 is 15.6 Å². The Balaban J connectivity index is 5.24. The number of hydrogen-bond donors (Lipinski definition) is 3. The Labute approximate surface area is 607 Å². The second-order valence-corrected chi connectivity index (χ2v) is 32.4. The quantitative estimate of drug-likeness (QED) is 0.0222. The van der Waals surface area contributed by atoms with E-state index in [0.717, 1.165) is 102 Å². The molecule has 19 heteroatoms. The molecule has 0 rings (SSSR count). The number of carbonyl (C=O) groups excluding carboxylic acids is 4. The Morgan fingerprint density at radius 1 is 0.293 bits per heavy atom. The molecule has 3 N–H and O–H groups in total. The number of aliphatic hydroxyl groups is 1. The van der Waals surface area contributed by atoms with Crippen LogP contribution in [0.1, 0.15) is 420 Å². The predicted octanol–water partition coefficient (Wildman–Crippen LogP) is 23.9. The molecule has 3 unspecified atom stereocenters. The van der Waals surface area contributed by atoms with Gasteiger partial charge in [-0.3, -0.25) is 37.3 Å². The summed E-state index contributed by atoms with van der Waals surface area (Å²) in [5, 5.41) is 10.6. The molecule has 0 amide bonds. The van der Waals surface area contributed by atoms with E-state index in [4.69, 9.17) is 37.0 Å². The molecule has 0 aromatic carbocycles. The molecule has 0 spiro atoms. The number of aliphatic hydroxyl groups excluding tert-OH is 1. The minimum absolute atomic E-state index is 0.107. The molecule has 17 nitrogen and oxygen atoms in total. The molecular weight excluding hydrogens is 1290 g/mol. The van der Waals surface area contributed by atoms with Crippen LogP contribution < -0.4 is 0 Å². The summed E-state index contributed by atoms with van der Waals surface area (Å²) >= 11 is 0. The van der Waals surface area contributed by atoms with Gasteiger partial charge in [-0.2, -0.15) is 0 Å².